The Hall–Kier alpha value is -2.47. The maximum atomic E-state index is 14.2. The normalized spacial score (nSPS) is 10.6. The van der Waals surface area contributed by atoms with Crippen molar-refractivity contribution in [3.05, 3.63) is 67.3 Å². The molecule has 22 heavy (non-hydrogen) atoms. The summed E-state index contributed by atoms with van der Waals surface area (Å²) >= 11 is 1.45. The molecule has 0 fully saturated rings. The van der Waals surface area contributed by atoms with Crippen molar-refractivity contribution in [3.8, 4) is 17.1 Å². The molecule has 3 rings (SSSR count). The number of nitrogens with zero attached hydrogens (tertiary/aromatic N) is 4. The molecule has 0 atom stereocenters. The second kappa shape index (κ2) is 6.53. The third kappa shape index (κ3) is 2.78. The van der Waals surface area contributed by atoms with Crippen molar-refractivity contribution in [2.24, 2.45) is 0 Å². The topological polar surface area (TPSA) is 43.6 Å². The summed E-state index contributed by atoms with van der Waals surface area (Å²) in [6.07, 6.45) is 5.14. The van der Waals surface area contributed by atoms with Crippen molar-refractivity contribution in [2.75, 3.05) is 5.75 Å². The number of hydrogen-bond acceptors (Lipinski definition) is 4. The number of para-hydroxylation sites is 1. The van der Waals surface area contributed by atoms with E-state index in [1.54, 1.807) is 41.2 Å². The summed E-state index contributed by atoms with van der Waals surface area (Å²) in [6.45, 7) is 3.70. The zero-order chi connectivity index (χ0) is 15.4. The molecular weight excluding hydrogens is 299 g/mol. The highest BCUT2D eigenvalue weighted by molar-refractivity contribution is 7.99. The Morgan fingerprint density at radius 1 is 1.18 bits per heavy atom. The smallest absolute Gasteiger partial charge is 0.196 e. The van der Waals surface area contributed by atoms with Crippen molar-refractivity contribution < 1.29 is 4.39 Å². The molecule has 0 unspecified atom stereocenters. The SMILES string of the molecule is C=CCSc1nnc(-c2cccnc2)n1-c1ccccc1F. The molecule has 6 heteroatoms. The predicted molar refractivity (Wildman–Crippen MR) is 85.5 cm³/mol. The van der Waals surface area contributed by atoms with Gasteiger partial charge in [-0.15, -0.1) is 16.8 Å². The predicted octanol–water partition coefficient (Wildman–Crippen LogP) is 3.75. The third-order valence-corrected chi connectivity index (χ3v) is 3.90. The molecule has 1 aromatic carbocycles. The maximum absolute atomic E-state index is 14.2. The quantitative estimate of drug-likeness (QED) is 0.531. The van der Waals surface area contributed by atoms with Gasteiger partial charge in [0.1, 0.15) is 5.82 Å². The minimum absolute atomic E-state index is 0.326. The Labute approximate surface area is 131 Å². The lowest BCUT2D eigenvalue weighted by molar-refractivity contribution is 0.613. The van der Waals surface area contributed by atoms with E-state index in [1.807, 2.05) is 12.1 Å². The average Bonchev–Trinajstić information content (AvgIpc) is 2.98. The van der Waals surface area contributed by atoms with Gasteiger partial charge in [-0.25, -0.2) is 4.39 Å². The molecule has 0 aliphatic rings. The second-order valence-electron chi connectivity index (χ2n) is 4.43. The molecule has 110 valence electrons. The molecule has 0 aliphatic heterocycles. The molecule has 0 radical (unpaired) electrons. The van der Waals surface area contributed by atoms with Gasteiger partial charge < -0.3 is 0 Å². The van der Waals surface area contributed by atoms with Gasteiger partial charge >= 0.3 is 0 Å². The van der Waals surface area contributed by atoms with Crippen LogP contribution >= 0.6 is 11.8 Å². The molecule has 2 aromatic heterocycles. The van der Waals surface area contributed by atoms with E-state index in [-0.39, 0.29) is 5.82 Å². The van der Waals surface area contributed by atoms with Crippen LogP contribution in [0, 0.1) is 5.82 Å². The van der Waals surface area contributed by atoms with Crippen LogP contribution in [0.4, 0.5) is 4.39 Å². The highest BCUT2D eigenvalue weighted by Gasteiger charge is 2.18. The number of hydrogen-bond donors (Lipinski definition) is 0. The minimum Gasteiger partial charge on any atom is -0.267 e. The summed E-state index contributed by atoms with van der Waals surface area (Å²) in [5.41, 5.74) is 1.20. The Morgan fingerprint density at radius 2 is 2.05 bits per heavy atom. The van der Waals surface area contributed by atoms with Crippen LogP contribution in [0.5, 0.6) is 0 Å². The van der Waals surface area contributed by atoms with E-state index in [2.05, 4.69) is 21.8 Å². The number of pyridine rings is 1. The van der Waals surface area contributed by atoms with Crippen LogP contribution in [-0.2, 0) is 0 Å². The van der Waals surface area contributed by atoms with Gasteiger partial charge in [-0.05, 0) is 24.3 Å². The summed E-state index contributed by atoms with van der Waals surface area (Å²) < 4.78 is 15.9. The summed E-state index contributed by atoms with van der Waals surface area (Å²) in [4.78, 5) is 4.09. The molecule has 0 saturated carbocycles. The van der Waals surface area contributed by atoms with Crippen molar-refractivity contribution in [1.82, 2.24) is 19.7 Å². The molecule has 0 amide bonds. The highest BCUT2D eigenvalue weighted by atomic mass is 32.2. The summed E-state index contributed by atoms with van der Waals surface area (Å²) in [5.74, 6) is 0.900. The maximum Gasteiger partial charge on any atom is 0.196 e. The Morgan fingerprint density at radius 3 is 2.77 bits per heavy atom. The summed E-state index contributed by atoms with van der Waals surface area (Å²) in [5, 5.41) is 9.00. The molecule has 2 heterocycles. The molecule has 0 aliphatic carbocycles. The van der Waals surface area contributed by atoms with Crippen LogP contribution in [0.15, 0.2) is 66.6 Å². The number of benzene rings is 1. The van der Waals surface area contributed by atoms with Crippen molar-refractivity contribution in [2.45, 2.75) is 5.16 Å². The molecule has 0 saturated heterocycles. The first-order valence-electron chi connectivity index (χ1n) is 6.65. The molecule has 0 bridgehead atoms. The van der Waals surface area contributed by atoms with E-state index in [0.717, 1.165) is 5.56 Å². The molecular formula is C16H13FN4S. The van der Waals surface area contributed by atoms with Crippen molar-refractivity contribution >= 4 is 11.8 Å². The van der Waals surface area contributed by atoms with Crippen LogP contribution < -0.4 is 0 Å². The summed E-state index contributed by atoms with van der Waals surface area (Å²) in [6, 6.07) is 10.3. The molecule has 0 spiro atoms. The minimum atomic E-state index is -0.326. The van der Waals surface area contributed by atoms with E-state index in [1.165, 1.54) is 17.8 Å². The first-order chi connectivity index (χ1) is 10.8. The third-order valence-electron chi connectivity index (χ3n) is 2.98. The van der Waals surface area contributed by atoms with Crippen LogP contribution in [0.1, 0.15) is 0 Å². The van der Waals surface area contributed by atoms with Crippen LogP contribution in [0.25, 0.3) is 17.1 Å². The fourth-order valence-electron chi connectivity index (χ4n) is 2.03. The molecule has 0 N–H and O–H groups in total. The van der Waals surface area contributed by atoms with Gasteiger partial charge in [-0.3, -0.25) is 9.55 Å². The zero-order valence-electron chi connectivity index (χ0n) is 11.7. The molecule has 3 aromatic rings. The lowest BCUT2D eigenvalue weighted by Crippen LogP contribution is -2.02. The van der Waals surface area contributed by atoms with Gasteiger partial charge in [0.15, 0.2) is 11.0 Å². The Balaban J connectivity index is 2.18. The van der Waals surface area contributed by atoms with Crippen molar-refractivity contribution in [1.29, 1.82) is 0 Å². The summed E-state index contributed by atoms with van der Waals surface area (Å²) in [7, 11) is 0. The Kier molecular flexibility index (Phi) is 4.29. The first kappa shape index (κ1) is 14.5. The van der Waals surface area contributed by atoms with E-state index in [0.29, 0.717) is 22.4 Å². The van der Waals surface area contributed by atoms with E-state index in [9.17, 15) is 4.39 Å². The fraction of sp³-hybridized carbons (Fsp3) is 0.0625. The standard InChI is InChI=1S/C16H13FN4S/c1-2-10-22-16-20-19-15(12-6-5-9-18-11-12)21(16)14-8-4-3-7-13(14)17/h2-9,11H,1,10H2. The lowest BCUT2D eigenvalue weighted by atomic mass is 10.2. The van der Waals surface area contributed by atoms with Crippen molar-refractivity contribution in [3.63, 3.8) is 0 Å². The average molecular weight is 312 g/mol. The van der Waals surface area contributed by atoms with Crippen LogP contribution in [0.3, 0.4) is 0 Å². The largest absolute Gasteiger partial charge is 0.267 e. The number of thioether (sulfide) groups is 1. The van der Waals surface area contributed by atoms with E-state index < -0.39 is 0 Å². The second-order valence-corrected chi connectivity index (χ2v) is 5.42. The lowest BCUT2D eigenvalue weighted by Gasteiger charge is -2.10. The van der Waals surface area contributed by atoms with Gasteiger partial charge in [0.25, 0.3) is 0 Å². The van der Waals surface area contributed by atoms with Crippen LogP contribution in [-0.4, -0.2) is 25.5 Å². The fourth-order valence-corrected chi connectivity index (χ4v) is 2.71. The first-order valence-corrected chi connectivity index (χ1v) is 7.64. The highest BCUT2D eigenvalue weighted by Crippen LogP contribution is 2.28. The van der Waals surface area contributed by atoms with Gasteiger partial charge in [-0.1, -0.05) is 30.0 Å². The molecule has 4 nitrogen and oxygen atoms in total. The van der Waals surface area contributed by atoms with Gasteiger partial charge in [0.05, 0.1) is 5.69 Å². The number of aromatic nitrogens is 4. The van der Waals surface area contributed by atoms with Crippen LogP contribution in [0.2, 0.25) is 0 Å². The van der Waals surface area contributed by atoms with Gasteiger partial charge in [0, 0.05) is 23.7 Å². The van der Waals surface area contributed by atoms with Gasteiger partial charge in [0.2, 0.25) is 0 Å². The number of halogens is 1. The number of rotatable bonds is 5. The van der Waals surface area contributed by atoms with E-state index in [4.69, 9.17) is 0 Å². The van der Waals surface area contributed by atoms with Gasteiger partial charge in [-0.2, -0.15) is 0 Å². The monoisotopic (exact) mass is 312 g/mol. The zero-order valence-corrected chi connectivity index (χ0v) is 12.5. The van der Waals surface area contributed by atoms with E-state index >= 15 is 0 Å². The Bertz CT molecular complexity index is 786.